The lowest BCUT2D eigenvalue weighted by Gasteiger charge is -2.45. The second-order valence-electron chi connectivity index (χ2n) is 9.54. The van der Waals surface area contributed by atoms with Gasteiger partial charge in [0, 0.05) is 44.2 Å². The third-order valence-electron chi connectivity index (χ3n) is 7.02. The largest absolute Gasteiger partial charge is 0.364 e. The summed E-state index contributed by atoms with van der Waals surface area (Å²) in [5, 5.41) is 18.3. The lowest BCUT2D eigenvalue weighted by molar-refractivity contribution is 0.156. The van der Waals surface area contributed by atoms with Gasteiger partial charge in [-0.15, -0.1) is 9.19 Å². The van der Waals surface area contributed by atoms with Crippen LogP contribution in [0.1, 0.15) is 25.1 Å². The molecule has 4 aromatic rings. The van der Waals surface area contributed by atoms with Gasteiger partial charge in [0.15, 0.2) is 0 Å². The second kappa shape index (κ2) is 9.66. The van der Waals surface area contributed by atoms with E-state index < -0.39 is 21.4 Å². The molecule has 1 fully saturated rings. The monoisotopic (exact) mass is 535 g/mol. The van der Waals surface area contributed by atoms with Crippen molar-refractivity contribution in [3.8, 4) is 6.07 Å². The van der Waals surface area contributed by atoms with E-state index in [1.165, 1.54) is 35.0 Å². The van der Waals surface area contributed by atoms with E-state index in [0.717, 1.165) is 4.09 Å². The van der Waals surface area contributed by atoms with Crippen LogP contribution in [0.4, 0.5) is 10.1 Å². The smallest absolute Gasteiger partial charge is 0.284 e. The fourth-order valence-corrected chi connectivity index (χ4v) is 6.12. The minimum Gasteiger partial charge on any atom is -0.364 e. The Morgan fingerprint density at radius 2 is 1.84 bits per heavy atom. The lowest BCUT2D eigenvalue weighted by atomic mass is 10.0. The van der Waals surface area contributed by atoms with Crippen LogP contribution in [0.5, 0.6) is 0 Å². The normalized spacial score (nSPS) is 18.6. The molecule has 38 heavy (non-hydrogen) atoms. The van der Waals surface area contributed by atoms with E-state index in [-0.39, 0.29) is 22.5 Å². The Bertz CT molecular complexity index is 1730. The van der Waals surface area contributed by atoms with Crippen LogP contribution in [-0.2, 0) is 23.6 Å². The predicted octanol–water partition coefficient (Wildman–Crippen LogP) is 2.48. The molecule has 0 saturated carbocycles. The number of nitrogens with zero attached hydrogens (tertiary/aromatic N) is 7. The van der Waals surface area contributed by atoms with Gasteiger partial charge in [0.05, 0.1) is 28.0 Å². The van der Waals surface area contributed by atoms with Crippen LogP contribution in [0, 0.1) is 17.1 Å². The van der Waals surface area contributed by atoms with Gasteiger partial charge >= 0.3 is 0 Å². The molecule has 12 heteroatoms. The molecule has 2 atom stereocenters. The Labute approximate surface area is 219 Å². The number of benzene rings is 2. The maximum Gasteiger partial charge on any atom is 0.284 e. The SMILES string of the molecule is C[C@@H]1CN(c2c(C#N)c(=O)n(C)c3ccc(F)cc23)[C@@H](C)CN1Cc1cn(S(=O)(=O)c2ccccc2)nn1. The number of rotatable bonds is 5. The Balaban J connectivity index is 1.43. The molecule has 196 valence electrons. The van der Waals surface area contributed by atoms with Gasteiger partial charge in [-0.3, -0.25) is 9.69 Å². The highest BCUT2D eigenvalue weighted by Gasteiger charge is 2.33. The molecular formula is C26H26FN7O3S. The maximum atomic E-state index is 14.3. The summed E-state index contributed by atoms with van der Waals surface area (Å²) in [6, 6.07) is 14.1. The summed E-state index contributed by atoms with van der Waals surface area (Å²) in [5.41, 5.74) is 1.02. The third-order valence-corrected chi connectivity index (χ3v) is 8.56. The third kappa shape index (κ3) is 4.33. The number of aryl methyl sites for hydroxylation is 1. The average molecular weight is 536 g/mol. The molecule has 0 radical (unpaired) electrons. The van der Waals surface area contributed by atoms with Crippen LogP contribution in [0.25, 0.3) is 10.9 Å². The fraction of sp³-hybridized carbons (Fsp3) is 0.308. The van der Waals surface area contributed by atoms with Gasteiger partial charge in [0.1, 0.15) is 17.4 Å². The molecule has 1 aliphatic heterocycles. The quantitative estimate of drug-likeness (QED) is 0.383. The molecule has 0 unspecified atom stereocenters. The van der Waals surface area contributed by atoms with E-state index in [2.05, 4.69) is 15.2 Å². The summed E-state index contributed by atoms with van der Waals surface area (Å²) >= 11 is 0. The summed E-state index contributed by atoms with van der Waals surface area (Å²) in [7, 11) is -2.27. The minimum absolute atomic E-state index is 0.0211. The minimum atomic E-state index is -3.84. The molecule has 0 aliphatic carbocycles. The zero-order chi connectivity index (χ0) is 27.2. The van der Waals surface area contributed by atoms with Crippen LogP contribution < -0.4 is 10.5 Å². The Morgan fingerprint density at radius 1 is 1.11 bits per heavy atom. The van der Waals surface area contributed by atoms with Crippen molar-refractivity contribution >= 4 is 26.6 Å². The van der Waals surface area contributed by atoms with Gasteiger partial charge < -0.3 is 9.47 Å². The Morgan fingerprint density at radius 3 is 2.55 bits per heavy atom. The molecule has 1 aliphatic rings. The first-order valence-corrected chi connectivity index (χ1v) is 13.5. The summed E-state index contributed by atoms with van der Waals surface area (Å²) in [6.45, 7) is 5.33. The van der Waals surface area contributed by atoms with Crippen LogP contribution in [0.15, 0.2) is 64.4 Å². The highest BCUT2D eigenvalue weighted by molar-refractivity contribution is 7.89. The van der Waals surface area contributed by atoms with E-state index in [4.69, 9.17) is 0 Å². The van der Waals surface area contributed by atoms with Crippen LogP contribution in [0.2, 0.25) is 0 Å². The number of aromatic nitrogens is 4. The number of fused-ring (bicyclic) bond motifs is 1. The van der Waals surface area contributed by atoms with E-state index in [9.17, 15) is 22.9 Å². The molecule has 1 saturated heterocycles. The molecule has 0 spiro atoms. The highest BCUT2D eigenvalue weighted by Crippen LogP contribution is 2.33. The van der Waals surface area contributed by atoms with Crippen molar-refractivity contribution < 1.29 is 12.8 Å². The zero-order valence-corrected chi connectivity index (χ0v) is 21.9. The second-order valence-corrected chi connectivity index (χ2v) is 11.3. The molecule has 10 nitrogen and oxygen atoms in total. The van der Waals surface area contributed by atoms with Crippen molar-refractivity contribution in [3.05, 3.63) is 82.2 Å². The van der Waals surface area contributed by atoms with Gasteiger partial charge in [-0.2, -0.15) is 13.7 Å². The van der Waals surface area contributed by atoms with Gasteiger partial charge in [-0.1, -0.05) is 23.4 Å². The number of hydrogen-bond donors (Lipinski definition) is 0. The van der Waals surface area contributed by atoms with Crippen molar-refractivity contribution in [2.24, 2.45) is 7.05 Å². The summed E-state index contributed by atoms with van der Waals surface area (Å²) in [6.07, 6.45) is 1.41. The molecule has 3 heterocycles. The number of halogens is 1. The molecule has 0 bridgehead atoms. The van der Waals surface area contributed by atoms with Crippen LogP contribution >= 0.6 is 0 Å². The van der Waals surface area contributed by atoms with E-state index in [1.807, 2.05) is 24.8 Å². The molecule has 0 amide bonds. The number of piperazine rings is 1. The standard InChI is InChI=1S/C26H26FN7O3S/c1-17-14-33(25-22-11-19(27)9-10-24(22)31(3)26(35)23(25)12-28)18(2)13-32(17)15-20-16-34(30-29-20)38(36,37)21-7-5-4-6-8-21/h4-11,16-18H,13-15H2,1-3H3/t17-,18+/m1/s1. The topological polar surface area (TPSA) is 117 Å². The Hall–Kier alpha value is -4.08. The van der Waals surface area contributed by atoms with Gasteiger partial charge in [0.25, 0.3) is 15.6 Å². The van der Waals surface area contributed by atoms with E-state index in [0.29, 0.717) is 41.9 Å². The van der Waals surface area contributed by atoms with Gasteiger partial charge in [-0.25, -0.2) is 4.39 Å². The summed E-state index contributed by atoms with van der Waals surface area (Å²) < 4.78 is 42.2. The summed E-state index contributed by atoms with van der Waals surface area (Å²) in [4.78, 5) is 17.2. The number of pyridine rings is 1. The first-order valence-electron chi connectivity index (χ1n) is 12.1. The maximum absolute atomic E-state index is 14.3. The van der Waals surface area contributed by atoms with Crippen molar-refractivity contribution in [2.75, 3.05) is 18.0 Å². The molecule has 2 aromatic carbocycles. The van der Waals surface area contributed by atoms with Crippen LogP contribution in [-0.4, -0.2) is 57.5 Å². The van der Waals surface area contributed by atoms with E-state index >= 15 is 0 Å². The number of hydrogen-bond acceptors (Lipinski definition) is 8. The fourth-order valence-electron chi connectivity index (χ4n) is 5.01. The molecule has 2 aromatic heterocycles. The van der Waals surface area contributed by atoms with Gasteiger partial charge in [0.2, 0.25) is 0 Å². The van der Waals surface area contributed by atoms with E-state index in [1.54, 1.807) is 31.3 Å². The highest BCUT2D eigenvalue weighted by atomic mass is 32.2. The van der Waals surface area contributed by atoms with Crippen molar-refractivity contribution in [2.45, 2.75) is 37.4 Å². The van der Waals surface area contributed by atoms with Gasteiger partial charge in [-0.05, 0) is 44.2 Å². The Kier molecular flexibility index (Phi) is 6.50. The first kappa shape index (κ1) is 25.6. The van der Waals surface area contributed by atoms with Crippen LogP contribution in [0.3, 0.4) is 0 Å². The molecule has 0 N–H and O–H groups in total. The van der Waals surface area contributed by atoms with Crippen molar-refractivity contribution in [3.63, 3.8) is 0 Å². The summed E-state index contributed by atoms with van der Waals surface area (Å²) in [5.74, 6) is -0.450. The molecular weight excluding hydrogens is 509 g/mol. The lowest BCUT2D eigenvalue weighted by Crippen LogP contribution is -2.56. The number of anilines is 1. The van der Waals surface area contributed by atoms with Crippen molar-refractivity contribution in [1.29, 1.82) is 5.26 Å². The number of nitriles is 1. The first-order chi connectivity index (χ1) is 18.1. The molecule has 5 rings (SSSR count). The zero-order valence-electron chi connectivity index (χ0n) is 21.1. The van der Waals surface area contributed by atoms with Crippen molar-refractivity contribution in [1.82, 2.24) is 23.9 Å². The predicted molar refractivity (Wildman–Crippen MR) is 140 cm³/mol. The average Bonchev–Trinajstić information content (AvgIpc) is 3.38.